The van der Waals surface area contributed by atoms with Crippen molar-refractivity contribution in [1.82, 2.24) is 0 Å². The highest BCUT2D eigenvalue weighted by Crippen LogP contribution is 2.24. The van der Waals surface area contributed by atoms with Crippen LogP contribution in [0, 0.1) is 0 Å². The van der Waals surface area contributed by atoms with Gasteiger partial charge in [-0.3, -0.25) is 4.79 Å². The number of aromatic hydroxyl groups is 1. The monoisotopic (exact) mass is 298 g/mol. The fraction of sp³-hybridized carbons (Fsp3) is 0.316. The summed E-state index contributed by atoms with van der Waals surface area (Å²) < 4.78 is 5.60. The van der Waals surface area contributed by atoms with Crippen molar-refractivity contribution in [1.29, 1.82) is 0 Å². The summed E-state index contributed by atoms with van der Waals surface area (Å²) in [5.74, 6) is 0.841. The molecule has 0 radical (unpaired) electrons. The quantitative estimate of drug-likeness (QED) is 0.911. The second kappa shape index (κ2) is 7.12. The summed E-state index contributed by atoms with van der Waals surface area (Å²) in [7, 11) is 0. The van der Waals surface area contributed by atoms with Crippen LogP contribution in [0.1, 0.15) is 43.4 Å². The van der Waals surface area contributed by atoms with Crippen LogP contribution in [0.5, 0.6) is 11.5 Å². The number of hydrogen-bond donors (Lipinski definition) is 1. The maximum atomic E-state index is 12.1. The van der Waals surface area contributed by atoms with Gasteiger partial charge in [-0.05, 0) is 36.1 Å². The van der Waals surface area contributed by atoms with Crippen LogP contribution in [0.4, 0.5) is 0 Å². The van der Waals surface area contributed by atoms with Gasteiger partial charge in [0.2, 0.25) is 5.43 Å². The number of para-hydroxylation sites is 1. The third-order valence-corrected chi connectivity index (χ3v) is 3.63. The Kier molecular flexibility index (Phi) is 5.21. The molecule has 3 nitrogen and oxygen atoms in total. The lowest BCUT2D eigenvalue weighted by Crippen LogP contribution is -2.01. The first-order chi connectivity index (χ1) is 10.5. The fourth-order valence-electron chi connectivity index (χ4n) is 2.35. The Morgan fingerprint density at radius 3 is 2.50 bits per heavy atom. The highest BCUT2D eigenvalue weighted by atomic mass is 16.5. The second-order valence-corrected chi connectivity index (χ2v) is 5.59. The molecule has 3 heteroatoms. The van der Waals surface area contributed by atoms with Gasteiger partial charge in [-0.25, -0.2) is 0 Å². The molecular formula is C19H22O3. The van der Waals surface area contributed by atoms with Crippen LogP contribution in [0.25, 0.3) is 0 Å². The minimum atomic E-state index is -0.336. The molecule has 0 fully saturated rings. The van der Waals surface area contributed by atoms with Crippen molar-refractivity contribution in [2.24, 2.45) is 0 Å². The third-order valence-electron chi connectivity index (χ3n) is 3.63. The van der Waals surface area contributed by atoms with Crippen molar-refractivity contribution in [3.05, 3.63) is 69.4 Å². The minimum Gasteiger partial charge on any atom is -0.504 e. The summed E-state index contributed by atoms with van der Waals surface area (Å²) >= 11 is 0. The molecule has 0 saturated carbocycles. The molecule has 1 N–H and O–H groups in total. The first-order valence-electron chi connectivity index (χ1n) is 7.59. The molecule has 0 amide bonds. The first kappa shape index (κ1) is 16.1. The lowest BCUT2D eigenvalue weighted by molar-refractivity contribution is 0.337. The van der Waals surface area contributed by atoms with Crippen LogP contribution >= 0.6 is 0 Å². The predicted molar refractivity (Wildman–Crippen MR) is 88.9 cm³/mol. The molecule has 0 unspecified atom stereocenters. The smallest absolute Gasteiger partial charge is 0.220 e. The predicted octanol–water partition coefficient (Wildman–Crippen LogP) is 3.87. The van der Waals surface area contributed by atoms with Crippen molar-refractivity contribution in [2.45, 2.75) is 33.1 Å². The highest BCUT2D eigenvalue weighted by Gasteiger charge is 2.10. The van der Waals surface area contributed by atoms with Gasteiger partial charge in [-0.2, -0.15) is 0 Å². The Balaban J connectivity index is 2.45. The Labute approximate surface area is 131 Å². The van der Waals surface area contributed by atoms with E-state index in [0.717, 1.165) is 16.9 Å². The van der Waals surface area contributed by atoms with E-state index in [1.165, 1.54) is 6.07 Å². The number of benzene rings is 1. The van der Waals surface area contributed by atoms with E-state index in [1.54, 1.807) is 0 Å². The molecule has 0 atom stereocenters. The molecule has 22 heavy (non-hydrogen) atoms. The summed E-state index contributed by atoms with van der Waals surface area (Å²) in [4.78, 5) is 12.1. The van der Waals surface area contributed by atoms with Gasteiger partial charge >= 0.3 is 0 Å². The van der Waals surface area contributed by atoms with Crippen molar-refractivity contribution < 1.29 is 9.84 Å². The Bertz CT molecular complexity index is 705. The Morgan fingerprint density at radius 1 is 1.09 bits per heavy atom. The highest BCUT2D eigenvalue weighted by molar-refractivity contribution is 5.42. The molecular weight excluding hydrogens is 276 g/mol. The molecule has 0 saturated heterocycles. The molecule has 0 aliphatic heterocycles. The van der Waals surface area contributed by atoms with Crippen LogP contribution in [0.3, 0.4) is 0 Å². The third kappa shape index (κ3) is 3.67. The largest absolute Gasteiger partial charge is 0.504 e. The minimum absolute atomic E-state index is 0.182. The Hall–Kier alpha value is -2.29. The van der Waals surface area contributed by atoms with Crippen LogP contribution in [-0.4, -0.2) is 11.7 Å². The van der Waals surface area contributed by atoms with Gasteiger partial charge in [0.25, 0.3) is 0 Å². The summed E-state index contributed by atoms with van der Waals surface area (Å²) in [5.41, 5.74) is 2.16. The molecule has 0 aliphatic rings. The van der Waals surface area contributed by atoms with Gasteiger partial charge in [0.15, 0.2) is 5.75 Å². The first-order valence-corrected chi connectivity index (χ1v) is 7.59. The van der Waals surface area contributed by atoms with Crippen LogP contribution in [0.15, 0.2) is 47.3 Å². The van der Waals surface area contributed by atoms with E-state index < -0.39 is 0 Å². The second-order valence-electron chi connectivity index (χ2n) is 5.59. The van der Waals surface area contributed by atoms with Crippen molar-refractivity contribution >= 4 is 0 Å². The van der Waals surface area contributed by atoms with Crippen molar-refractivity contribution in [3.8, 4) is 11.5 Å². The van der Waals surface area contributed by atoms with Crippen molar-refractivity contribution in [2.75, 3.05) is 6.61 Å². The topological polar surface area (TPSA) is 46.5 Å². The van der Waals surface area contributed by atoms with Gasteiger partial charge < -0.3 is 9.84 Å². The number of hydrogen-bond acceptors (Lipinski definition) is 3. The van der Waals surface area contributed by atoms with E-state index in [0.29, 0.717) is 18.6 Å². The lowest BCUT2D eigenvalue weighted by atomic mass is 10.0. The summed E-state index contributed by atoms with van der Waals surface area (Å²) in [6.07, 6.45) is 0.462. The van der Waals surface area contributed by atoms with Crippen LogP contribution in [0.2, 0.25) is 0 Å². The zero-order chi connectivity index (χ0) is 16.1. The number of rotatable bonds is 5. The molecule has 2 aromatic rings. The number of ether oxygens (including phenoxy) is 1. The summed E-state index contributed by atoms with van der Waals surface area (Å²) in [6, 6.07) is 12.9. The van der Waals surface area contributed by atoms with E-state index in [2.05, 4.69) is 0 Å². The average molecular weight is 298 g/mol. The lowest BCUT2D eigenvalue weighted by Gasteiger charge is -2.09. The van der Waals surface area contributed by atoms with Crippen LogP contribution in [-0.2, 0) is 6.42 Å². The average Bonchev–Trinajstić information content (AvgIpc) is 2.63. The molecule has 116 valence electrons. The maximum absolute atomic E-state index is 12.1. The van der Waals surface area contributed by atoms with Gasteiger partial charge in [0.1, 0.15) is 5.75 Å². The van der Waals surface area contributed by atoms with E-state index in [-0.39, 0.29) is 17.1 Å². The molecule has 2 aromatic carbocycles. The van der Waals surface area contributed by atoms with E-state index in [9.17, 15) is 9.90 Å². The SMILES string of the molecule is CCOc1ccccc1Cc1ccc(C(C)C)cc(=O)c1O. The zero-order valence-corrected chi connectivity index (χ0v) is 13.3. The van der Waals surface area contributed by atoms with Crippen LogP contribution < -0.4 is 10.2 Å². The van der Waals surface area contributed by atoms with Gasteiger partial charge in [0, 0.05) is 12.0 Å². The fourth-order valence-corrected chi connectivity index (χ4v) is 2.35. The molecule has 0 aliphatic carbocycles. The maximum Gasteiger partial charge on any atom is 0.220 e. The molecule has 0 heterocycles. The molecule has 0 spiro atoms. The van der Waals surface area contributed by atoms with E-state index in [4.69, 9.17) is 4.74 Å². The normalized spacial score (nSPS) is 10.7. The van der Waals surface area contributed by atoms with Gasteiger partial charge in [-0.15, -0.1) is 0 Å². The van der Waals surface area contributed by atoms with Crippen molar-refractivity contribution in [3.63, 3.8) is 0 Å². The van der Waals surface area contributed by atoms with E-state index in [1.807, 2.05) is 57.2 Å². The zero-order valence-electron chi connectivity index (χ0n) is 13.3. The Morgan fingerprint density at radius 2 is 1.82 bits per heavy atom. The standard InChI is InChI=1S/C19H22O3/c1-4-22-18-8-6-5-7-15(18)11-16-10-9-14(13(2)3)12-17(20)19(16)21/h5-10,12-13H,4,11H2,1-3H3,(H,20,21). The summed E-state index contributed by atoms with van der Waals surface area (Å²) in [6.45, 7) is 6.56. The van der Waals surface area contributed by atoms with Gasteiger partial charge in [0.05, 0.1) is 6.61 Å². The summed E-state index contributed by atoms with van der Waals surface area (Å²) in [5, 5.41) is 10.2. The van der Waals surface area contributed by atoms with E-state index >= 15 is 0 Å². The molecule has 0 aromatic heterocycles. The molecule has 2 rings (SSSR count). The van der Waals surface area contributed by atoms with Gasteiger partial charge in [-0.1, -0.05) is 44.2 Å². The molecule has 0 bridgehead atoms.